The average molecular weight is 299 g/mol. The van der Waals surface area contributed by atoms with E-state index in [9.17, 15) is 13.2 Å². The molecular weight excluding hydrogens is 283 g/mol. The highest BCUT2D eigenvalue weighted by molar-refractivity contribution is 5.21. The Balaban J connectivity index is 1.92. The fourth-order valence-corrected chi connectivity index (χ4v) is 2.68. The zero-order chi connectivity index (χ0) is 15.0. The van der Waals surface area contributed by atoms with Crippen LogP contribution < -0.4 is 5.32 Å². The van der Waals surface area contributed by atoms with Crippen molar-refractivity contribution in [3.63, 3.8) is 0 Å². The number of imidazole rings is 2. The van der Waals surface area contributed by atoms with Crippen LogP contribution in [0.3, 0.4) is 0 Å². The molecule has 2 aromatic rings. The highest BCUT2D eigenvalue weighted by Crippen LogP contribution is 2.31. The smallest absolute Gasteiger partial charge is 0.338 e. The standard InChI is InChI=1S/C13H16F3N5/c1-20-7-5-18-11(20)3-6-21-10-2-4-17-8-9(10)19-12(21)13(14,15)16/h5,7,17H,2-4,6,8H2,1H3. The predicted molar refractivity (Wildman–Crippen MR) is 69.6 cm³/mol. The van der Waals surface area contributed by atoms with Crippen LogP contribution in [-0.2, 0) is 39.2 Å². The summed E-state index contributed by atoms with van der Waals surface area (Å²) in [6.45, 7) is 1.31. The van der Waals surface area contributed by atoms with Gasteiger partial charge in [0.05, 0.1) is 5.69 Å². The van der Waals surface area contributed by atoms with Crippen LogP contribution in [0.5, 0.6) is 0 Å². The maximum Gasteiger partial charge on any atom is 0.449 e. The second kappa shape index (κ2) is 5.18. The first-order chi connectivity index (χ1) is 9.97. The van der Waals surface area contributed by atoms with E-state index in [1.54, 1.807) is 12.4 Å². The van der Waals surface area contributed by atoms with E-state index in [2.05, 4.69) is 15.3 Å². The van der Waals surface area contributed by atoms with E-state index in [1.807, 2.05) is 11.6 Å². The van der Waals surface area contributed by atoms with Gasteiger partial charge in [-0.3, -0.25) is 0 Å². The van der Waals surface area contributed by atoms with Crippen molar-refractivity contribution in [2.24, 2.45) is 7.05 Å². The summed E-state index contributed by atoms with van der Waals surface area (Å²) >= 11 is 0. The number of alkyl halides is 3. The number of halogens is 3. The van der Waals surface area contributed by atoms with Crippen LogP contribution in [0.4, 0.5) is 13.2 Å². The Hall–Kier alpha value is -1.83. The maximum absolute atomic E-state index is 13.2. The summed E-state index contributed by atoms with van der Waals surface area (Å²) in [5, 5.41) is 3.05. The van der Waals surface area contributed by atoms with Crippen LogP contribution in [0, 0.1) is 0 Å². The van der Waals surface area contributed by atoms with Crippen molar-refractivity contribution in [3.05, 3.63) is 35.4 Å². The first kappa shape index (κ1) is 14.1. The molecule has 0 bridgehead atoms. The van der Waals surface area contributed by atoms with Gasteiger partial charge in [-0.05, 0) is 0 Å². The molecule has 0 spiro atoms. The molecule has 0 saturated carbocycles. The number of rotatable bonds is 3. The molecule has 0 aromatic carbocycles. The van der Waals surface area contributed by atoms with E-state index >= 15 is 0 Å². The lowest BCUT2D eigenvalue weighted by Crippen LogP contribution is -2.25. The minimum Gasteiger partial charge on any atom is -0.338 e. The van der Waals surface area contributed by atoms with Crippen LogP contribution in [0.15, 0.2) is 12.4 Å². The molecule has 2 aromatic heterocycles. The summed E-state index contributed by atoms with van der Waals surface area (Å²) in [5.41, 5.74) is 1.20. The number of fused-ring (bicyclic) bond motifs is 1. The Morgan fingerprint density at radius 3 is 2.86 bits per heavy atom. The highest BCUT2D eigenvalue weighted by Gasteiger charge is 2.39. The van der Waals surface area contributed by atoms with E-state index in [1.165, 1.54) is 4.57 Å². The van der Waals surface area contributed by atoms with E-state index in [0.717, 1.165) is 5.82 Å². The fourth-order valence-electron chi connectivity index (χ4n) is 2.68. The Labute approximate surface area is 119 Å². The molecule has 0 unspecified atom stereocenters. The van der Waals surface area contributed by atoms with Crippen LogP contribution in [0.1, 0.15) is 23.0 Å². The molecular formula is C13H16F3N5. The average Bonchev–Trinajstić information content (AvgIpc) is 2.99. The fraction of sp³-hybridized carbons (Fsp3) is 0.538. The van der Waals surface area contributed by atoms with Crippen molar-refractivity contribution in [3.8, 4) is 0 Å². The normalized spacial score (nSPS) is 15.2. The zero-order valence-corrected chi connectivity index (χ0v) is 11.6. The molecule has 1 aliphatic heterocycles. The van der Waals surface area contributed by atoms with E-state index < -0.39 is 12.0 Å². The lowest BCUT2D eigenvalue weighted by Gasteiger charge is -2.16. The molecule has 0 saturated heterocycles. The highest BCUT2D eigenvalue weighted by atomic mass is 19.4. The van der Waals surface area contributed by atoms with Crippen molar-refractivity contribution in [1.29, 1.82) is 0 Å². The van der Waals surface area contributed by atoms with Crippen molar-refractivity contribution in [2.75, 3.05) is 6.54 Å². The number of nitrogens with zero attached hydrogens (tertiary/aromatic N) is 4. The third-order valence-electron chi connectivity index (χ3n) is 3.72. The monoisotopic (exact) mass is 299 g/mol. The summed E-state index contributed by atoms with van der Waals surface area (Å²) < 4.78 is 42.6. The lowest BCUT2D eigenvalue weighted by atomic mass is 10.2. The number of hydrogen-bond acceptors (Lipinski definition) is 3. The molecule has 1 N–H and O–H groups in total. The summed E-state index contributed by atoms with van der Waals surface area (Å²) in [6, 6.07) is 0. The minimum atomic E-state index is -4.43. The van der Waals surface area contributed by atoms with E-state index in [0.29, 0.717) is 37.3 Å². The molecule has 1 aliphatic rings. The van der Waals surface area contributed by atoms with Gasteiger partial charge in [0.2, 0.25) is 5.82 Å². The number of nitrogens with one attached hydrogen (secondary N) is 1. The van der Waals surface area contributed by atoms with Crippen LogP contribution in [0.25, 0.3) is 0 Å². The lowest BCUT2D eigenvalue weighted by molar-refractivity contribution is -0.147. The summed E-state index contributed by atoms with van der Waals surface area (Å²) in [4.78, 5) is 7.95. The molecule has 8 heteroatoms. The molecule has 21 heavy (non-hydrogen) atoms. The number of aromatic nitrogens is 4. The molecule has 3 rings (SSSR count). The van der Waals surface area contributed by atoms with Crippen molar-refractivity contribution >= 4 is 0 Å². The molecule has 0 aliphatic carbocycles. The van der Waals surface area contributed by atoms with Gasteiger partial charge in [0.15, 0.2) is 0 Å². The Morgan fingerprint density at radius 2 is 2.19 bits per heavy atom. The Morgan fingerprint density at radius 1 is 1.38 bits per heavy atom. The van der Waals surface area contributed by atoms with Gasteiger partial charge in [-0.2, -0.15) is 13.2 Å². The van der Waals surface area contributed by atoms with Gasteiger partial charge in [0.25, 0.3) is 0 Å². The van der Waals surface area contributed by atoms with E-state index in [4.69, 9.17) is 0 Å². The van der Waals surface area contributed by atoms with Gasteiger partial charge in [0.1, 0.15) is 5.82 Å². The van der Waals surface area contributed by atoms with Gasteiger partial charge in [-0.25, -0.2) is 9.97 Å². The SMILES string of the molecule is Cn1ccnc1CCn1c(C(F)(F)F)nc2c1CCNC2. The summed E-state index contributed by atoms with van der Waals surface area (Å²) in [6.07, 6.45) is 0.0152. The van der Waals surface area contributed by atoms with Crippen LogP contribution in [0.2, 0.25) is 0 Å². The van der Waals surface area contributed by atoms with Gasteiger partial charge >= 0.3 is 6.18 Å². The van der Waals surface area contributed by atoms with Crippen molar-refractivity contribution in [1.82, 2.24) is 24.4 Å². The quantitative estimate of drug-likeness (QED) is 0.935. The van der Waals surface area contributed by atoms with Crippen molar-refractivity contribution < 1.29 is 13.2 Å². The zero-order valence-electron chi connectivity index (χ0n) is 11.6. The minimum absolute atomic E-state index is 0.238. The molecule has 0 atom stereocenters. The van der Waals surface area contributed by atoms with Gasteiger partial charge in [-0.1, -0.05) is 0 Å². The van der Waals surface area contributed by atoms with Gasteiger partial charge in [0, 0.05) is 57.6 Å². The molecule has 114 valence electrons. The predicted octanol–water partition coefficient (Wildman–Crippen LogP) is 1.52. The molecule has 0 radical (unpaired) electrons. The van der Waals surface area contributed by atoms with Crippen molar-refractivity contribution in [2.45, 2.75) is 32.1 Å². The third kappa shape index (κ3) is 2.67. The topological polar surface area (TPSA) is 47.7 Å². The first-order valence-electron chi connectivity index (χ1n) is 6.79. The maximum atomic E-state index is 13.2. The van der Waals surface area contributed by atoms with Crippen LogP contribution in [-0.4, -0.2) is 25.6 Å². The summed E-state index contributed by atoms with van der Waals surface area (Å²) in [7, 11) is 1.83. The second-order valence-corrected chi connectivity index (χ2v) is 5.11. The Kier molecular flexibility index (Phi) is 3.48. The van der Waals surface area contributed by atoms with Gasteiger partial charge < -0.3 is 14.5 Å². The first-order valence-corrected chi connectivity index (χ1v) is 6.79. The molecule has 0 fully saturated rings. The summed E-state index contributed by atoms with van der Waals surface area (Å²) in [5.74, 6) is -0.0371. The second-order valence-electron chi connectivity index (χ2n) is 5.11. The third-order valence-corrected chi connectivity index (χ3v) is 3.72. The number of hydrogen-bond donors (Lipinski definition) is 1. The largest absolute Gasteiger partial charge is 0.449 e. The Bertz CT molecular complexity index is 641. The van der Waals surface area contributed by atoms with Gasteiger partial charge in [-0.15, -0.1) is 0 Å². The molecule has 0 amide bonds. The number of aryl methyl sites for hydroxylation is 2. The van der Waals surface area contributed by atoms with E-state index in [-0.39, 0.29) is 6.54 Å². The molecule has 5 nitrogen and oxygen atoms in total. The van der Waals surface area contributed by atoms with Crippen LogP contribution >= 0.6 is 0 Å². The molecule has 3 heterocycles.